The average molecular weight is 201 g/mol. The van der Waals surface area contributed by atoms with Crippen molar-refractivity contribution < 1.29 is 4.74 Å². The van der Waals surface area contributed by atoms with Crippen molar-refractivity contribution in [2.75, 3.05) is 0 Å². The molecule has 15 heavy (non-hydrogen) atoms. The van der Waals surface area contributed by atoms with Crippen molar-refractivity contribution in [2.24, 2.45) is 4.99 Å². The van der Waals surface area contributed by atoms with Crippen LogP contribution in [0.2, 0.25) is 0 Å². The third kappa shape index (κ3) is 1.94. The Hall–Kier alpha value is -1.57. The zero-order chi connectivity index (χ0) is 11.1. The predicted octanol–water partition coefficient (Wildman–Crippen LogP) is 3.23. The van der Waals surface area contributed by atoms with Crippen LogP contribution in [-0.2, 0) is 4.74 Å². The van der Waals surface area contributed by atoms with Gasteiger partial charge in [0.05, 0.1) is 5.54 Å². The van der Waals surface area contributed by atoms with Crippen LogP contribution < -0.4 is 0 Å². The Bertz CT molecular complexity index is 438. The fourth-order valence-corrected chi connectivity index (χ4v) is 1.53. The molecule has 0 spiro atoms. The highest BCUT2D eigenvalue weighted by atomic mass is 16.5. The molecule has 0 aromatic heterocycles. The van der Waals surface area contributed by atoms with E-state index in [1.165, 1.54) is 0 Å². The van der Waals surface area contributed by atoms with E-state index in [0.29, 0.717) is 11.7 Å². The Morgan fingerprint density at radius 1 is 1.13 bits per heavy atom. The van der Waals surface area contributed by atoms with E-state index < -0.39 is 0 Å². The summed E-state index contributed by atoms with van der Waals surface area (Å²) in [5, 5.41) is 0. The molecule has 2 rings (SSSR count). The molecule has 1 aliphatic rings. The lowest BCUT2D eigenvalue weighted by atomic mass is 10.1. The van der Waals surface area contributed by atoms with E-state index in [0.717, 1.165) is 11.1 Å². The molecule has 0 bridgehead atoms. The lowest BCUT2D eigenvalue weighted by Crippen LogP contribution is -2.14. The number of benzene rings is 1. The van der Waals surface area contributed by atoms with Crippen molar-refractivity contribution in [3.63, 3.8) is 0 Å². The van der Waals surface area contributed by atoms with Gasteiger partial charge in [-0.25, -0.2) is 4.99 Å². The number of nitrogens with zero attached hydrogens (tertiary/aromatic N) is 1. The maximum absolute atomic E-state index is 5.56. The van der Waals surface area contributed by atoms with Crippen molar-refractivity contribution in [3.8, 4) is 0 Å². The molecule has 1 heterocycles. The van der Waals surface area contributed by atoms with Crippen LogP contribution in [0.4, 0.5) is 0 Å². The molecule has 0 atom stereocenters. The Labute approximate surface area is 90.3 Å². The highest BCUT2D eigenvalue weighted by molar-refractivity contribution is 6.05. The van der Waals surface area contributed by atoms with Gasteiger partial charge in [0, 0.05) is 11.1 Å². The Balaban J connectivity index is 2.50. The number of aliphatic imine (C=N–C) groups is 1. The molecule has 1 aromatic rings. The highest BCUT2D eigenvalue weighted by Crippen LogP contribution is 2.29. The topological polar surface area (TPSA) is 21.6 Å². The van der Waals surface area contributed by atoms with Gasteiger partial charge < -0.3 is 4.74 Å². The van der Waals surface area contributed by atoms with Crippen molar-refractivity contribution in [2.45, 2.75) is 26.3 Å². The minimum Gasteiger partial charge on any atom is -0.439 e. The number of fused-ring (bicyclic) bond motifs is 1. The van der Waals surface area contributed by atoms with Crippen molar-refractivity contribution in [3.05, 3.63) is 42.0 Å². The minimum absolute atomic E-state index is 0.132. The molecular weight excluding hydrogens is 186 g/mol. The van der Waals surface area contributed by atoms with Crippen molar-refractivity contribution >= 4 is 11.7 Å². The van der Waals surface area contributed by atoms with E-state index in [1.807, 2.05) is 45.0 Å². The first-order chi connectivity index (χ1) is 6.97. The molecule has 0 N–H and O–H groups in total. The second kappa shape index (κ2) is 3.23. The number of hydrogen-bond donors (Lipinski definition) is 0. The maximum atomic E-state index is 5.56. The molecule has 0 unspecified atom stereocenters. The summed E-state index contributed by atoms with van der Waals surface area (Å²) in [6.07, 6.45) is 0. The van der Waals surface area contributed by atoms with Gasteiger partial charge in [0.15, 0.2) is 0 Å². The van der Waals surface area contributed by atoms with Gasteiger partial charge >= 0.3 is 0 Å². The number of hydrogen-bond acceptors (Lipinski definition) is 2. The second-order valence-electron chi connectivity index (χ2n) is 4.66. The third-order valence-electron chi connectivity index (χ3n) is 2.11. The van der Waals surface area contributed by atoms with Gasteiger partial charge in [-0.1, -0.05) is 24.8 Å². The number of ether oxygens (including phenoxy) is 1. The van der Waals surface area contributed by atoms with Crippen LogP contribution in [0.1, 0.15) is 31.9 Å². The van der Waals surface area contributed by atoms with Crippen molar-refractivity contribution in [1.29, 1.82) is 0 Å². The first-order valence-electron chi connectivity index (χ1n) is 5.04. The van der Waals surface area contributed by atoms with Crippen LogP contribution in [0, 0.1) is 0 Å². The molecule has 0 fully saturated rings. The molecule has 78 valence electrons. The van der Waals surface area contributed by atoms with Gasteiger partial charge in [-0.2, -0.15) is 0 Å². The first kappa shape index (κ1) is 9.97. The van der Waals surface area contributed by atoms with Gasteiger partial charge in [-0.05, 0) is 26.8 Å². The zero-order valence-corrected chi connectivity index (χ0v) is 9.37. The summed E-state index contributed by atoms with van der Waals surface area (Å²) in [4.78, 5) is 4.53. The summed E-state index contributed by atoms with van der Waals surface area (Å²) < 4.78 is 5.56. The third-order valence-corrected chi connectivity index (χ3v) is 2.11. The smallest absolute Gasteiger partial charge is 0.223 e. The fraction of sp³-hybridized carbons (Fsp3) is 0.308. The fourth-order valence-electron chi connectivity index (χ4n) is 1.53. The SMILES string of the molecule is C=C1OC(=NC(C)(C)C)c2ccccc21. The van der Waals surface area contributed by atoms with Crippen LogP contribution in [0.25, 0.3) is 5.76 Å². The van der Waals surface area contributed by atoms with Gasteiger partial charge in [0.1, 0.15) is 5.76 Å². The van der Waals surface area contributed by atoms with E-state index >= 15 is 0 Å². The lowest BCUT2D eigenvalue weighted by molar-refractivity contribution is 0.494. The van der Waals surface area contributed by atoms with Gasteiger partial charge in [0.2, 0.25) is 5.90 Å². The van der Waals surface area contributed by atoms with E-state index in [9.17, 15) is 0 Å². The van der Waals surface area contributed by atoms with E-state index in [2.05, 4.69) is 11.6 Å². The molecule has 0 aliphatic carbocycles. The van der Waals surface area contributed by atoms with E-state index in [1.54, 1.807) is 0 Å². The summed E-state index contributed by atoms with van der Waals surface area (Å²) in [5.41, 5.74) is 1.95. The lowest BCUT2D eigenvalue weighted by Gasteiger charge is -2.12. The summed E-state index contributed by atoms with van der Waals surface area (Å²) >= 11 is 0. The molecule has 0 saturated carbocycles. The first-order valence-corrected chi connectivity index (χ1v) is 5.04. The molecule has 0 radical (unpaired) electrons. The van der Waals surface area contributed by atoms with Crippen molar-refractivity contribution in [1.82, 2.24) is 0 Å². The Morgan fingerprint density at radius 2 is 1.73 bits per heavy atom. The molecule has 1 aromatic carbocycles. The maximum Gasteiger partial charge on any atom is 0.223 e. The van der Waals surface area contributed by atoms with E-state index in [-0.39, 0.29) is 5.54 Å². The van der Waals surface area contributed by atoms with Gasteiger partial charge in [0.25, 0.3) is 0 Å². The summed E-state index contributed by atoms with van der Waals surface area (Å²) in [7, 11) is 0. The molecule has 0 saturated heterocycles. The van der Waals surface area contributed by atoms with Crippen LogP contribution in [0.3, 0.4) is 0 Å². The standard InChI is InChI=1S/C13H15NO/c1-9-10-7-5-6-8-11(10)12(15-9)14-13(2,3)4/h5-8H,1H2,2-4H3. The minimum atomic E-state index is -0.132. The van der Waals surface area contributed by atoms with Crippen LogP contribution in [-0.4, -0.2) is 11.4 Å². The highest BCUT2D eigenvalue weighted by Gasteiger charge is 2.24. The summed E-state index contributed by atoms with van der Waals surface area (Å²) in [6.45, 7) is 10.0. The predicted molar refractivity (Wildman–Crippen MR) is 62.9 cm³/mol. The van der Waals surface area contributed by atoms with Gasteiger partial charge in [-0.3, -0.25) is 0 Å². The molecular formula is C13H15NO. The zero-order valence-electron chi connectivity index (χ0n) is 9.37. The normalized spacial score (nSPS) is 17.8. The average Bonchev–Trinajstić information content (AvgIpc) is 2.42. The van der Waals surface area contributed by atoms with E-state index in [4.69, 9.17) is 4.74 Å². The largest absolute Gasteiger partial charge is 0.439 e. The molecule has 0 amide bonds. The summed E-state index contributed by atoms with van der Waals surface area (Å²) in [6, 6.07) is 7.98. The van der Waals surface area contributed by atoms with Crippen LogP contribution >= 0.6 is 0 Å². The molecule has 2 heteroatoms. The molecule has 1 aliphatic heterocycles. The Kier molecular flexibility index (Phi) is 2.14. The van der Waals surface area contributed by atoms with Crippen LogP contribution in [0.15, 0.2) is 35.8 Å². The quantitative estimate of drug-likeness (QED) is 0.631. The summed E-state index contributed by atoms with van der Waals surface area (Å²) in [5.74, 6) is 1.37. The van der Waals surface area contributed by atoms with Crippen LogP contribution in [0.5, 0.6) is 0 Å². The Morgan fingerprint density at radius 3 is 2.33 bits per heavy atom. The molecule has 2 nitrogen and oxygen atoms in total. The second-order valence-corrected chi connectivity index (χ2v) is 4.66. The number of rotatable bonds is 0. The van der Waals surface area contributed by atoms with Gasteiger partial charge in [-0.15, -0.1) is 0 Å². The monoisotopic (exact) mass is 201 g/mol.